The molecule has 168 valence electrons. The quantitative estimate of drug-likeness (QED) is 0.518. The molecule has 3 fully saturated rings. The molecule has 1 heterocycles. The second-order valence-electron chi connectivity index (χ2n) is 10.0. The Labute approximate surface area is 195 Å². The van der Waals surface area contributed by atoms with Gasteiger partial charge in [0.2, 0.25) is 0 Å². The van der Waals surface area contributed by atoms with Gasteiger partial charge in [-0.15, -0.1) is 0 Å². The van der Waals surface area contributed by atoms with Crippen LogP contribution in [0.15, 0.2) is 72.9 Å². The van der Waals surface area contributed by atoms with E-state index in [9.17, 15) is 4.79 Å². The Balaban J connectivity index is 1.25. The molecule has 4 heteroatoms. The molecule has 6 rings (SSSR count). The molecule has 0 spiro atoms. The summed E-state index contributed by atoms with van der Waals surface area (Å²) in [6.07, 6.45) is 9.14. The average molecular weight is 439 g/mol. The molecule has 0 unspecified atom stereocenters. The van der Waals surface area contributed by atoms with Crippen molar-refractivity contribution in [2.24, 2.45) is 11.8 Å². The molecule has 2 aromatic carbocycles. The van der Waals surface area contributed by atoms with Gasteiger partial charge in [-0.3, -0.25) is 9.78 Å². The van der Waals surface area contributed by atoms with Crippen molar-refractivity contribution in [3.8, 4) is 5.75 Å². The molecule has 3 aliphatic carbocycles. The van der Waals surface area contributed by atoms with E-state index in [1.165, 1.54) is 36.8 Å². The van der Waals surface area contributed by atoms with Crippen LogP contribution in [0.25, 0.3) is 0 Å². The maximum Gasteiger partial charge on any atom is 0.251 e. The maximum absolute atomic E-state index is 12.5. The molecule has 0 radical (unpaired) electrons. The monoisotopic (exact) mass is 438 g/mol. The molecule has 1 amide bonds. The van der Waals surface area contributed by atoms with Crippen LogP contribution in [-0.2, 0) is 12.0 Å². The van der Waals surface area contributed by atoms with Crippen LogP contribution < -0.4 is 10.1 Å². The summed E-state index contributed by atoms with van der Waals surface area (Å²) < 4.78 is 5.98. The van der Waals surface area contributed by atoms with Crippen molar-refractivity contribution >= 4 is 5.91 Å². The lowest BCUT2D eigenvalue weighted by Crippen LogP contribution is -2.34. The highest BCUT2D eigenvalue weighted by Crippen LogP contribution is 2.60. The summed E-state index contributed by atoms with van der Waals surface area (Å²) in [5.74, 6) is 2.39. The number of nitrogens with zero attached hydrogens (tertiary/aromatic N) is 1. The smallest absolute Gasteiger partial charge is 0.251 e. The first kappa shape index (κ1) is 20.5. The minimum atomic E-state index is 0.0356. The van der Waals surface area contributed by atoms with E-state index < -0.39 is 0 Å². The first-order valence-electron chi connectivity index (χ1n) is 12.3. The molecule has 3 atom stereocenters. The minimum absolute atomic E-state index is 0.0356. The molecule has 1 N–H and O–H groups in total. The number of aromatic nitrogens is 1. The molecule has 3 saturated carbocycles. The van der Waals surface area contributed by atoms with E-state index >= 15 is 0 Å². The third-order valence-electron chi connectivity index (χ3n) is 7.91. The van der Waals surface area contributed by atoms with Crippen LogP contribution in [0.3, 0.4) is 0 Å². The number of rotatable bonds is 7. The number of ether oxygens (including phenoxy) is 1. The molecule has 3 aliphatic rings. The van der Waals surface area contributed by atoms with E-state index in [-0.39, 0.29) is 11.3 Å². The number of benzene rings is 2. The average Bonchev–Trinajstić information content (AvgIpc) is 3.44. The first-order chi connectivity index (χ1) is 16.2. The summed E-state index contributed by atoms with van der Waals surface area (Å²) in [6.45, 7) is 0.473. The number of carbonyl (C=O) groups is 1. The molecular weight excluding hydrogens is 408 g/mol. The van der Waals surface area contributed by atoms with Crippen molar-refractivity contribution in [2.45, 2.75) is 56.6 Å². The normalized spacial score (nSPS) is 25.7. The maximum atomic E-state index is 12.5. The highest BCUT2D eigenvalue weighted by atomic mass is 16.5. The van der Waals surface area contributed by atoms with E-state index in [4.69, 9.17) is 4.74 Å². The van der Waals surface area contributed by atoms with Crippen LogP contribution in [0.1, 0.15) is 65.7 Å². The summed E-state index contributed by atoms with van der Waals surface area (Å²) in [7, 11) is 0. The standard InChI is InChI=1S/C29H30N2O2/c32-28(31-25-12-13-25)21-5-8-22(9-6-21)29(18-20-4-7-24(29)17-20)23-10-14-27(15-11-23)33-19-26-3-1-2-16-30-26/h1-3,5-6,8-11,14-16,20,24-25H,4,7,12-13,17-19H2,(H,31,32)/t20-,24+,29-/m1/s1. The van der Waals surface area contributed by atoms with Crippen LogP contribution in [-0.4, -0.2) is 16.9 Å². The number of amides is 1. The molecule has 33 heavy (non-hydrogen) atoms. The van der Waals surface area contributed by atoms with Crippen LogP contribution in [0, 0.1) is 11.8 Å². The Morgan fingerprint density at radius 1 is 0.939 bits per heavy atom. The SMILES string of the molecule is O=C(NC1CC1)c1ccc([C@@]2(c3ccc(OCc4ccccn4)cc3)C[C@@H]3CC[C@H]2C3)cc1. The van der Waals surface area contributed by atoms with Crippen molar-refractivity contribution in [3.63, 3.8) is 0 Å². The van der Waals surface area contributed by atoms with Gasteiger partial charge in [0.15, 0.2) is 0 Å². The van der Waals surface area contributed by atoms with Crippen LogP contribution >= 0.6 is 0 Å². The number of nitrogens with one attached hydrogen (secondary N) is 1. The van der Waals surface area contributed by atoms with Crippen LogP contribution in [0.5, 0.6) is 5.75 Å². The zero-order valence-electron chi connectivity index (χ0n) is 18.9. The summed E-state index contributed by atoms with van der Waals surface area (Å²) in [5.41, 5.74) is 4.45. The second-order valence-corrected chi connectivity index (χ2v) is 10.0. The first-order valence-corrected chi connectivity index (χ1v) is 12.3. The van der Waals surface area contributed by atoms with E-state index in [0.29, 0.717) is 18.6 Å². The molecule has 1 aromatic heterocycles. The molecule has 0 aliphatic heterocycles. The fourth-order valence-electron chi connectivity index (χ4n) is 6.11. The van der Waals surface area contributed by atoms with Crippen molar-refractivity contribution in [1.82, 2.24) is 10.3 Å². The number of hydrogen-bond donors (Lipinski definition) is 1. The van der Waals surface area contributed by atoms with E-state index in [2.05, 4.69) is 46.7 Å². The van der Waals surface area contributed by atoms with Gasteiger partial charge in [-0.1, -0.05) is 36.8 Å². The molecular formula is C29H30N2O2. The predicted octanol–water partition coefficient (Wildman–Crippen LogP) is 5.66. The highest BCUT2D eigenvalue weighted by molar-refractivity contribution is 5.94. The van der Waals surface area contributed by atoms with Crippen molar-refractivity contribution in [3.05, 3.63) is 95.3 Å². The van der Waals surface area contributed by atoms with Crippen molar-refractivity contribution < 1.29 is 9.53 Å². The molecule has 3 aromatic rings. The number of fused-ring (bicyclic) bond motifs is 2. The summed E-state index contributed by atoms with van der Waals surface area (Å²) in [6, 6.07) is 23.4. The number of hydrogen-bond acceptors (Lipinski definition) is 3. The third-order valence-corrected chi connectivity index (χ3v) is 7.91. The number of pyridine rings is 1. The lowest BCUT2D eigenvalue weighted by atomic mass is 9.64. The Kier molecular flexibility index (Phi) is 5.17. The molecule has 2 bridgehead atoms. The topological polar surface area (TPSA) is 51.2 Å². The zero-order chi connectivity index (χ0) is 22.3. The van der Waals surface area contributed by atoms with E-state index in [1.807, 2.05) is 30.3 Å². The van der Waals surface area contributed by atoms with Gasteiger partial charge in [0.25, 0.3) is 5.91 Å². The Hall–Kier alpha value is -3.14. The fourth-order valence-corrected chi connectivity index (χ4v) is 6.11. The number of carbonyl (C=O) groups excluding carboxylic acids is 1. The van der Waals surface area contributed by atoms with E-state index in [0.717, 1.165) is 35.8 Å². The molecule has 4 nitrogen and oxygen atoms in total. The predicted molar refractivity (Wildman–Crippen MR) is 128 cm³/mol. The van der Waals surface area contributed by atoms with Gasteiger partial charge in [-0.05, 0) is 91.5 Å². The van der Waals surface area contributed by atoms with Crippen LogP contribution in [0.4, 0.5) is 0 Å². The van der Waals surface area contributed by atoms with Crippen LogP contribution in [0.2, 0.25) is 0 Å². The lowest BCUT2D eigenvalue weighted by molar-refractivity contribution is 0.0951. The van der Waals surface area contributed by atoms with Crippen molar-refractivity contribution in [1.29, 1.82) is 0 Å². The summed E-state index contributed by atoms with van der Waals surface area (Å²) in [5, 5.41) is 3.10. The third kappa shape index (κ3) is 3.92. The van der Waals surface area contributed by atoms with Gasteiger partial charge < -0.3 is 10.1 Å². The largest absolute Gasteiger partial charge is 0.487 e. The minimum Gasteiger partial charge on any atom is -0.487 e. The zero-order valence-corrected chi connectivity index (χ0v) is 18.9. The highest BCUT2D eigenvalue weighted by Gasteiger charge is 2.52. The summed E-state index contributed by atoms with van der Waals surface area (Å²) >= 11 is 0. The van der Waals surface area contributed by atoms with Gasteiger partial charge in [0.1, 0.15) is 12.4 Å². The fraction of sp³-hybridized carbons (Fsp3) is 0.379. The Morgan fingerprint density at radius 2 is 1.70 bits per heavy atom. The molecule has 0 saturated heterocycles. The Morgan fingerprint density at radius 3 is 2.30 bits per heavy atom. The second kappa shape index (κ2) is 8.33. The lowest BCUT2D eigenvalue weighted by Gasteiger charge is -2.39. The Bertz CT molecular complexity index is 1120. The van der Waals surface area contributed by atoms with Crippen molar-refractivity contribution in [2.75, 3.05) is 0 Å². The van der Waals surface area contributed by atoms with Gasteiger partial charge in [0.05, 0.1) is 5.69 Å². The van der Waals surface area contributed by atoms with Gasteiger partial charge in [-0.25, -0.2) is 0 Å². The van der Waals surface area contributed by atoms with Gasteiger partial charge in [-0.2, -0.15) is 0 Å². The van der Waals surface area contributed by atoms with Gasteiger partial charge in [0, 0.05) is 23.2 Å². The van der Waals surface area contributed by atoms with Gasteiger partial charge >= 0.3 is 0 Å². The van der Waals surface area contributed by atoms with E-state index in [1.54, 1.807) is 6.20 Å². The summed E-state index contributed by atoms with van der Waals surface area (Å²) in [4.78, 5) is 16.8.